The molecular weight excluding hydrogens is 313 g/mol. The fourth-order valence-corrected chi connectivity index (χ4v) is 3.38. The third-order valence-corrected chi connectivity index (χ3v) is 4.15. The van der Waals surface area contributed by atoms with Gasteiger partial charge in [0.15, 0.2) is 8.32 Å². The molecule has 1 atom stereocenters. The van der Waals surface area contributed by atoms with Crippen LogP contribution in [0.2, 0.25) is 19.6 Å². The van der Waals surface area contributed by atoms with Gasteiger partial charge in [-0.25, -0.2) is 4.79 Å². The topological polar surface area (TPSA) is 35.5 Å². The zero-order valence-corrected chi connectivity index (χ0v) is 15.1. The van der Waals surface area contributed by atoms with Gasteiger partial charge in [0.05, 0.1) is 6.61 Å². The molecule has 0 radical (unpaired) electrons. The van der Waals surface area contributed by atoms with Gasteiger partial charge < -0.3 is 9.16 Å². The fraction of sp³-hybridized carbons (Fsp3) is 0.933. The average molecular weight is 342 g/mol. The lowest BCUT2D eigenvalue weighted by molar-refractivity contribution is -0.199. The Bertz CT molecular complexity index is 314. The molecule has 132 valence electrons. The molecule has 1 unspecified atom stereocenters. The Morgan fingerprint density at radius 2 is 1.59 bits per heavy atom. The number of carbonyl (C=O) groups is 1. The maximum Gasteiger partial charge on any atom is 0.490 e. The molecule has 0 bridgehead atoms. The highest BCUT2D eigenvalue weighted by Crippen LogP contribution is 2.18. The summed E-state index contributed by atoms with van der Waals surface area (Å²) in [5.74, 6) is -2.10. The van der Waals surface area contributed by atoms with Crippen molar-refractivity contribution in [1.82, 2.24) is 0 Å². The number of ether oxygens (including phenoxy) is 1. The lowest BCUT2D eigenvalue weighted by atomic mass is 10.1. The minimum atomic E-state index is -4.88. The lowest BCUT2D eigenvalue weighted by Gasteiger charge is -2.25. The molecule has 0 aliphatic carbocycles. The van der Waals surface area contributed by atoms with Crippen LogP contribution >= 0.6 is 0 Å². The Balaban J connectivity index is 3.56. The summed E-state index contributed by atoms with van der Waals surface area (Å²) in [5, 5.41) is 0. The molecule has 0 aliphatic rings. The summed E-state index contributed by atoms with van der Waals surface area (Å²) in [6.45, 7) is 8.50. The van der Waals surface area contributed by atoms with E-state index in [1.807, 2.05) is 0 Å². The Morgan fingerprint density at radius 3 is 2.09 bits per heavy atom. The fourth-order valence-electron chi connectivity index (χ4n) is 2.10. The van der Waals surface area contributed by atoms with E-state index in [9.17, 15) is 18.0 Å². The van der Waals surface area contributed by atoms with Crippen molar-refractivity contribution in [3.8, 4) is 0 Å². The lowest BCUT2D eigenvalue weighted by Crippen LogP contribution is -2.31. The van der Waals surface area contributed by atoms with E-state index in [1.54, 1.807) is 0 Å². The van der Waals surface area contributed by atoms with E-state index in [0.29, 0.717) is 12.5 Å². The SMILES string of the molecule is CCC(CCCCCCCOC(=O)C(F)(F)F)O[Si](C)(C)C. The van der Waals surface area contributed by atoms with Crippen molar-refractivity contribution < 1.29 is 27.1 Å². The van der Waals surface area contributed by atoms with Crippen LogP contribution in [-0.2, 0) is 14.0 Å². The Hall–Kier alpha value is -0.563. The van der Waals surface area contributed by atoms with Crippen molar-refractivity contribution in [3.63, 3.8) is 0 Å². The largest absolute Gasteiger partial charge is 0.490 e. The molecule has 0 saturated heterocycles. The summed E-state index contributed by atoms with van der Waals surface area (Å²) in [4.78, 5) is 10.5. The van der Waals surface area contributed by atoms with E-state index >= 15 is 0 Å². The summed E-state index contributed by atoms with van der Waals surface area (Å²) in [6.07, 6.45) is 1.75. The van der Waals surface area contributed by atoms with Gasteiger partial charge >= 0.3 is 12.1 Å². The van der Waals surface area contributed by atoms with Crippen molar-refractivity contribution >= 4 is 14.3 Å². The quantitative estimate of drug-likeness (QED) is 0.299. The molecule has 0 spiro atoms. The Morgan fingerprint density at radius 1 is 1.05 bits per heavy atom. The number of alkyl halides is 3. The number of carbonyl (C=O) groups excluding carboxylic acids is 1. The maximum atomic E-state index is 11.9. The van der Waals surface area contributed by atoms with E-state index in [1.165, 1.54) is 0 Å². The first kappa shape index (κ1) is 21.4. The molecule has 0 aliphatic heterocycles. The zero-order valence-electron chi connectivity index (χ0n) is 14.1. The highest BCUT2D eigenvalue weighted by atomic mass is 28.4. The van der Waals surface area contributed by atoms with Crippen LogP contribution in [-0.4, -0.2) is 33.2 Å². The molecule has 0 N–H and O–H groups in total. The third-order valence-electron chi connectivity index (χ3n) is 3.11. The van der Waals surface area contributed by atoms with Gasteiger partial charge in [0.25, 0.3) is 0 Å². The van der Waals surface area contributed by atoms with Gasteiger partial charge in [0.1, 0.15) is 0 Å². The maximum absolute atomic E-state index is 11.9. The molecule has 3 nitrogen and oxygen atoms in total. The second kappa shape index (κ2) is 10.3. The zero-order chi connectivity index (χ0) is 17.2. The molecule has 0 heterocycles. The van der Waals surface area contributed by atoms with E-state index in [0.717, 1.165) is 38.5 Å². The summed E-state index contributed by atoms with van der Waals surface area (Å²) in [5.41, 5.74) is 0. The number of hydrogen-bond donors (Lipinski definition) is 0. The first-order chi connectivity index (χ1) is 10.1. The van der Waals surface area contributed by atoms with Crippen LogP contribution in [0, 0.1) is 0 Å². The van der Waals surface area contributed by atoms with Crippen LogP contribution in [0.25, 0.3) is 0 Å². The molecular formula is C15H29F3O3Si. The second-order valence-electron chi connectivity index (χ2n) is 6.45. The standard InChI is InChI=1S/C15H29F3O3Si/c1-5-13(21-22(2,3)4)11-9-7-6-8-10-12-20-14(19)15(16,17)18/h13H,5-12H2,1-4H3. The Labute approximate surface area is 132 Å². The molecule has 22 heavy (non-hydrogen) atoms. The van der Waals surface area contributed by atoms with Crippen molar-refractivity contribution in [2.75, 3.05) is 6.61 Å². The van der Waals surface area contributed by atoms with E-state index in [-0.39, 0.29) is 6.61 Å². The van der Waals surface area contributed by atoms with Gasteiger partial charge in [-0.05, 0) is 38.9 Å². The van der Waals surface area contributed by atoms with E-state index < -0.39 is 20.5 Å². The van der Waals surface area contributed by atoms with E-state index in [4.69, 9.17) is 4.43 Å². The molecule has 0 aromatic rings. The van der Waals surface area contributed by atoms with Crippen molar-refractivity contribution in [3.05, 3.63) is 0 Å². The molecule has 0 aromatic carbocycles. The van der Waals surface area contributed by atoms with Crippen LogP contribution in [0.4, 0.5) is 13.2 Å². The molecule has 7 heteroatoms. The van der Waals surface area contributed by atoms with Gasteiger partial charge in [0.2, 0.25) is 0 Å². The number of unbranched alkanes of at least 4 members (excludes halogenated alkanes) is 4. The molecule has 0 amide bonds. The number of halogens is 3. The summed E-state index contributed by atoms with van der Waals surface area (Å²) < 4.78 is 45.8. The summed E-state index contributed by atoms with van der Waals surface area (Å²) in [6, 6.07) is 0. The van der Waals surface area contributed by atoms with Gasteiger partial charge in [0, 0.05) is 6.10 Å². The number of hydrogen-bond acceptors (Lipinski definition) is 3. The highest BCUT2D eigenvalue weighted by molar-refractivity contribution is 6.69. The number of esters is 1. The molecule has 0 aromatic heterocycles. The molecule has 0 fully saturated rings. The normalized spacial score (nSPS) is 14.0. The predicted octanol–water partition coefficient (Wildman–Crippen LogP) is 5.06. The smallest absolute Gasteiger partial charge is 0.459 e. The third kappa shape index (κ3) is 12.0. The monoisotopic (exact) mass is 342 g/mol. The second-order valence-corrected chi connectivity index (χ2v) is 10.9. The van der Waals surface area contributed by atoms with Gasteiger partial charge in [-0.2, -0.15) is 13.2 Å². The van der Waals surface area contributed by atoms with Crippen LogP contribution in [0.5, 0.6) is 0 Å². The summed E-state index contributed by atoms with van der Waals surface area (Å²) in [7, 11) is -1.49. The van der Waals surface area contributed by atoms with Crippen LogP contribution in [0.15, 0.2) is 0 Å². The number of rotatable bonds is 11. The van der Waals surface area contributed by atoms with Crippen molar-refractivity contribution in [1.29, 1.82) is 0 Å². The summed E-state index contributed by atoms with van der Waals surface area (Å²) >= 11 is 0. The highest BCUT2D eigenvalue weighted by Gasteiger charge is 2.40. The van der Waals surface area contributed by atoms with Crippen molar-refractivity contribution in [2.24, 2.45) is 0 Å². The Kier molecular flexibility index (Phi) is 9.99. The molecule has 0 rings (SSSR count). The minimum absolute atomic E-state index is 0.158. The van der Waals surface area contributed by atoms with Crippen LogP contribution in [0.3, 0.4) is 0 Å². The van der Waals surface area contributed by atoms with Gasteiger partial charge in [-0.1, -0.05) is 32.6 Å². The van der Waals surface area contributed by atoms with Crippen LogP contribution < -0.4 is 0 Å². The first-order valence-electron chi connectivity index (χ1n) is 7.98. The van der Waals surface area contributed by atoms with Gasteiger partial charge in [-0.15, -0.1) is 0 Å². The van der Waals surface area contributed by atoms with Gasteiger partial charge in [-0.3, -0.25) is 0 Å². The molecule has 0 saturated carbocycles. The minimum Gasteiger partial charge on any atom is -0.459 e. The van der Waals surface area contributed by atoms with Crippen LogP contribution in [0.1, 0.15) is 51.9 Å². The van der Waals surface area contributed by atoms with Crippen molar-refractivity contribution in [2.45, 2.75) is 83.8 Å². The predicted molar refractivity (Wildman–Crippen MR) is 83.2 cm³/mol. The first-order valence-corrected chi connectivity index (χ1v) is 11.4. The van der Waals surface area contributed by atoms with E-state index in [2.05, 4.69) is 31.3 Å². The average Bonchev–Trinajstić information content (AvgIpc) is 2.37.